The summed E-state index contributed by atoms with van der Waals surface area (Å²) in [5.41, 5.74) is 5.11. The zero-order valence-corrected chi connectivity index (χ0v) is 15.7. The number of nitrogens with zero attached hydrogens (tertiary/aromatic N) is 1. The van der Waals surface area contributed by atoms with E-state index >= 15 is 0 Å². The van der Waals surface area contributed by atoms with Gasteiger partial charge in [-0.1, -0.05) is 18.2 Å². The number of hydrogen-bond donors (Lipinski definition) is 1. The predicted octanol–water partition coefficient (Wildman–Crippen LogP) is 4.16. The zero-order chi connectivity index (χ0) is 17.3. The minimum Gasteiger partial charge on any atom is -0.348 e. The standard InChI is InChI=1S/C20H26N2OS/c1-13-5-6-17(11-14(13)2)15(3)21-20(23)12-22-9-7-19-18(16(22)4)8-10-24-19/h5-6,8,10-11,15-16H,7,9,12H2,1-4H3,(H,21,23)/t15-,16+/m1/s1. The lowest BCUT2D eigenvalue weighted by Gasteiger charge is -2.33. The quantitative estimate of drug-likeness (QED) is 0.905. The normalized spacial score (nSPS) is 18.9. The van der Waals surface area contributed by atoms with E-state index in [2.05, 4.69) is 67.6 Å². The van der Waals surface area contributed by atoms with Crippen molar-refractivity contribution in [2.75, 3.05) is 13.1 Å². The number of carbonyl (C=O) groups is 1. The molecule has 3 nitrogen and oxygen atoms in total. The van der Waals surface area contributed by atoms with Gasteiger partial charge in [-0.05, 0) is 67.8 Å². The Labute approximate surface area is 148 Å². The Bertz CT molecular complexity index is 737. The Balaban J connectivity index is 1.60. The van der Waals surface area contributed by atoms with Crippen molar-refractivity contribution in [1.29, 1.82) is 0 Å². The highest BCUT2D eigenvalue weighted by Crippen LogP contribution is 2.32. The van der Waals surface area contributed by atoms with Crippen LogP contribution in [-0.4, -0.2) is 23.9 Å². The summed E-state index contributed by atoms with van der Waals surface area (Å²) < 4.78 is 0. The Morgan fingerprint density at radius 3 is 2.88 bits per heavy atom. The van der Waals surface area contributed by atoms with Crippen LogP contribution in [0.4, 0.5) is 0 Å². The van der Waals surface area contributed by atoms with Crippen molar-refractivity contribution in [3.63, 3.8) is 0 Å². The maximum absolute atomic E-state index is 12.5. The van der Waals surface area contributed by atoms with Gasteiger partial charge in [0, 0.05) is 17.5 Å². The molecule has 1 aromatic carbocycles. The van der Waals surface area contributed by atoms with Crippen LogP contribution in [0, 0.1) is 13.8 Å². The van der Waals surface area contributed by atoms with E-state index in [9.17, 15) is 4.79 Å². The molecule has 24 heavy (non-hydrogen) atoms. The van der Waals surface area contributed by atoms with E-state index in [1.54, 1.807) is 0 Å². The lowest BCUT2D eigenvalue weighted by molar-refractivity contribution is -0.123. The van der Waals surface area contributed by atoms with Gasteiger partial charge in [-0.3, -0.25) is 9.69 Å². The topological polar surface area (TPSA) is 32.3 Å². The van der Waals surface area contributed by atoms with Crippen LogP contribution in [0.25, 0.3) is 0 Å². The van der Waals surface area contributed by atoms with Gasteiger partial charge < -0.3 is 5.32 Å². The van der Waals surface area contributed by atoms with Crippen molar-refractivity contribution < 1.29 is 4.79 Å². The van der Waals surface area contributed by atoms with Gasteiger partial charge in [-0.2, -0.15) is 0 Å². The Hall–Kier alpha value is -1.65. The van der Waals surface area contributed by atoms with Crippen molar-refractivity contribution in [2.45, 2.75) is 46.2 Å². The summed E-state index contributed by atoms with van der Waals surface area (Å²) in [6, 6.07) is 8.96. The minimum absolute atomic E-state index is 0.0357. The summed E-state index contributed by atoms with van der Waals surface area (Å²) in [6.45, 7) is 9.90. The van der Waals surface area contributed by atoms with Crippen LogP contribution in [0.1, 0.15) is 53.1 Å². The molecule has 0 bridgehead atoms. The molecule has 1 aliphatic rings. The highest BCUT2D eigenvalue weighted by atomic mass is 32.1. The molecule has 2 aromatic rings. The molecule has 0 saturated heterocycles. The monoisotopic (exact) mass is 342 g/mol. The van der Waals surface area contributed by atoms with Crippen molar-refractivity contribution >= 4 is 17.2 Å². The van der Waals surface area contributed by atoms with Crippen LogP contribution in [0.2, 0.25) is 0 Å². The van der Waals surface area contributed by atoms with Gasteiger partial charge in [0.2, 0.25) is 5.91 Å². The van der Waals surface area contributed by atoms with Gasteiger partial charge in [-0.25, -0.2) is 0 Å². The number of carbonyl (C=O) groups excluding carboxylic acids is 1. The van der Waals surface area contributed by atoms with E-state index < -0.39 is 0 Å². The molecule has 0 unspecified atom stereocenters. The molecule has 3 rings (SSSR count). The molecule has 1 N–H and O–H groups in total. The number of thiophene rings is 1. The molecule has 0 aliphatic carbocycles. The molecule has 1 amide bonds. The summed E-state index contributed by atoms with van der Waals surface area (Å²) in [6.07, 6.45) is 1.05. The Morgan fingerprint density at radius 1 is 1.33 bits per heavy atom. The van der Waals surface area contributed by atoms with E-state index in [-0.39, 0.29) is 11.9 Å². The number of amides is 1. The number of hydrogen-bond acceptors (Lipinski definition) is 3. The van der Waals surface area contributed by atoms with Crippen molar-refractivity contribution in [1.82, 2.24) is 10.2 Å². The van der Waals surface area contributed by atoms with Gasteiger partial charge in [0.1, 0.15) is 0 Å². The SMILES string of the molecule is Cc1ccc([C@@H](C)NC(=O)CN2CCc3sccc3[C@@H]2C)cc1C. The van der Waals surface area contributed by atoms with Gasteiger partial charge in [0.15, 0.2) is 0 Å². The summed E-state index contributed by atoms with van der Waals surface area (Å²) in [7, 11) is 0. The molecule has 1 aromatic heterocycles. The molecule has 0 saturated carbocycles. The first kappa shape index (κ1) is 17.2. The maximum atomic E-state index is 12.5. The smallest absolute Gasteiger partial charge is 0.234 e. The van der Waals surface area contributed by atoms with E-state index in [1.807, 2.05) is 11.3 Å². The fourth-order valence-corrected chi connectivity index (χ4v) is 4.33. The van der Waals surface area contributed by atoms with Gasteiger partial charge in [0.05, 0.1) is 12.6 Å². The van der Waals surface area contributed by atoms with Gasteiger partial charge in [-0.15, -0.1) is 11.3 Å². The van der Waals surface area contributed by atoms with Gasteiger partial charge >= 0.3 is 0 Å². The molecule has 0 fully saturated rings. The molecule has 1 aliphatic heterocycles. The molecular formula is C20H26N2OS. The average molecular weight is 343 g/mol. The minimum atomic E-state index is 0.0357. The largest absolute Gasteiger partial charge is 0.348 e. The molecule has 2 atom stereocenters. The van der Waals surface area contributed by atoms with E-state index in [1.165, 1.54) is 27.1 Å². The first-order valence-corrected chi connectivity index (χ1v) is 9.50. The fourth-order valence-electron chi connectivity index (χ4n) is 3.37. The van der Waals surface area contributed by atoms with Crippen LogP contribution < -0.4 is 5.32 Å². The van der Waals surface area contributed by atoms with Crippen LogP contribution in [-0.2, 0) is 11.2 Å². The highest BCUT2D eigenvalue weighted by Gasteiger charge is 2.26. The maximum Gasteiger partial charge on any atom is 0.234 e. The summed E-state index contributed by atoms with van der Waals surface area (Å²) in [4.78, 5) is 16.2. The number of fused-ring (bicyclic) bond motifs is 1. The molecule has 128 valence electrons. The third-order valence-corrected chi connectivity index (χ3v) is 6.16. The van der Waals surface area contributed by atoms with E-state index in [4.69, 9.17) is 0 Å². The lowest BCUT2D eigenvalue weighted by atomic mass is 10.0. The number of rotatable bonds is 4. The molecule has 2 heterocycles. The second kappa shape index (κ2) is 7.08. The highest BCUT2D eigenvalue weighted by molar-refractivity contribution is 7.10. The number of nitrogens with one attached hydrogen (secondary N) is 1. The second-order valence-corrected chi connectivity index (χ2v) is 7.83. The van der Waals surface area contributed by atoms with E-state index in [0.717, 1.165) is 13.0 Å². The van der Waals surface area contributed by atoms with Crippen LogP contribution in [0.5, 0.6) is 0 Å². The van der Waals surface area contributed by atoms with Crippen molar-refractivity contribution in [3.05, 3.63) is 56.8 Å². The third kappa shape index (κ3) is 3.55. The third-order valence-electron chi connectivity index (χ3n) is 5.16. The molecule has 4 heteroatoms. The second-order valence-electron chi connectivity index (χ2n) is 6.83. The average Bonchev–Trinajstić information content (AvgIpc) is 3.02. The number of aryl methyl sites for hydroxylation is 2. The summed E-state index contributed by atoms with van der Waals surface area (Å²) in [5, 5.41) is 5.31. The predicted molar refractivity (Wildman–Crippen MR) is 100 cm³/mol. The first-order valence-electron chi connectivity index (χ1n) is 8.62. The lowest BCUT2D eigenvalue weighted by Crippen LogP contribution is -2.42. The molecule has 0 radical (unpaired) electrons. The van der Waals surface area contributed by atoms with E-state index in [0.29, 0.717) is 12.6 Å². The fraction of sp³-hybridized carbons (Fsp3) is 0.450. The Morgan fingerprint density at radius 2 is 2.12 bits per heavy atom. The summed E-state index contributed by atoms with van der Waals surface area (Å²) >= 11 is 1.83. The first-order chi connectivity index (χ1) is 11.5. The van der Waals surface area contributed by atoms with Crippen molar-refractivity contribution in [2.24, 2.45) is 0 Å². The van der Waals surface area contributed by atoms with Crippen molar-refractivity contribution in [3.8, 4) is 0 Å². The summed E-state index contributed by atoms with van der Waals surface area (Å²) in [5.74, 6) is 0.103. The van der Waals surface area contributed by atoms with Crippen LogP contribution in [0.3, 0.4) is 0 Å². The Kier molecular flexibility index (Phi) is 5.07. The van der Waals surface area contributed by atoms with Crippen LogP contribution in [0.15, 0.2) is 29.6 Å². The molecule has 0 spiro atoms. The molecular weight excluding hydrogens is 316 g/mol. The van der Waals surface area contributed by atoms with Crippen LogP contribution >= 0.6 is 11.3 Å². The zero-order valence-electron chi connectivity index (χ0n) is 14.9. The number of benzene rings is 1. The van der Waals surface area contributed by atoms with Gasteiger partial charge in [0.25, 0.3) is 0 Å².